The molecule has 0 radical (unpaired) electrons. The van der Waals surface area contributed by atoms with Crippen molar-refractivity contribution in [2.45, 2.75) is 20.8 Å². The molecule has 0 atom stereocenters. The largest absolute Gasteiger partial charge is 0.493 e. The Morgan fingerprint density at radius 3 is 2.59 bits per heavy atom. The summed E-state index contributed by atoms with van der Waals surface area (Å²) in [6.07, 6.45) is 0. The zero-order valence-corrected chi connectivity index (χ0v) is 17.9. The number of ether oxygens (including phenoxy) is 2. The standard InChI is InChI=1S/C22H25N3O3S/c1-14-9-10-17(15(2)13-14)25-22-24-16(3)20(29-22)21(26)23-11-12-28-19-8-6-5-7-18(19)27-4/h5-10,13H,11-12H2,1-4H3,(H,23,26)(H,24,25). The summed E-state index contributed by atoms with van der Waals surface area (Å²) >= 11 is 1.34. The molecule has 0 unspecified atom stereocenters. The molecule has 0 bridgehead atoms. The number of para-hydroxylation sites is 2. The van der Waals surface area contributed by atoms with Gasteiger partial charge in [0.05, 0.1) is 19.3 Å². The summed E-state index contributed by atoms with van der Waals surface area (Å²) in [5, 5.41) is 6.89. The van der Waals surface area contributed by atoms with E-state index in [1.54, 1.807) is 7.11 Å². The lowest BCUT2D eigenvalue weighted by molar-refractivity contribution is 0.0950. The molecule has 7 heteroatoms. The number of aromatic nitrogens is 1. The van der Waals surface area contributed by atoms with Gasteiger partial charge in [0, 0.05) is 5.69 Å². The first-order valence-corrected chi connectivity index (χ1v) is 10.2. The Morgan fingerprint density at radius 1 is 1.10 bits per heavy atom. The monoisotopic (exact) mass is 411 g/mol. The van der Waals surface area contributed by atoms with Crippen LogP contribution in [0, 0.1) is 20.8 Å². The number of benzene rings is 2. The van der Waals surface area contributed by atoms with Gasteiger partial charge in [-0.15, -0.1) is 0 Å². The average Bonchev–Trinajstić information content (AvgIpc) is 3.08. The van der Waals surface area contributed by atoms with Gasteiger partial charge in [0.15, 0.2) is 16.6 Å². The molecule has 152 valence electrons. The SMILES string of the molecule is COc1ccccc1OCCNC(=O)c1sc(Nc2ccc(C)cc2C)nc1C. The Bertz CT molecular complexity index is 1000. The second kappa shape index (κ2) is 9.43. The predicted octanol–water partition coefficient (Wildman–Crippen LogP) is 4.63. The quantitative estimate of drug-likeness (QED) is 0.529. The smallest absolute Gasteiger partial charge is 0.263 e. The van der Waals surface area contributed by atoms with Crippen molar-refractivity contribution in [2.24, 2.45) is 0 Å². The highest BCUT2D eigenvalue weighted by Crippen LogP contribution is 2.28. The van der Waals surface area contributed by atoms with Gasteiger partial charge in [-0.1, -0.05) is 41.2 Å². The zero-order chi connectivity index (χ0) is 20.8. The van der Waals surface area contributed by atoms with E-state index in [9.17, 15) is 4.79 Å². The number of methoxy groups -OCH3 is 1. The number of carbonyl (C=O) groups is 1. The van der Waals surface area contributed by atoms with E-state index in [-0.39, 0.29) is 5.91 Å². The number of hydrogen-bond acceptors (Lipinski definition) is 6. The molecule has 0 aliphatic rings. The van der Waals surface area contributed by atoms with Crippen LogP contribution in [-0.2, 0) is 0 Å². The van der Waals surface area contributed by atoms with E-state index in [2.05, 4.69) is 28.6 Å². The highest BCUT2D eigenvalue weighted by atomic mass is 32.1. The molecule has 3 rings (SSSR count). The fourth-order valence-electron chi connectivity index (χ4n) is 2.87. The lowest BCUT2D eigenvalue weighted by atomic mass is 10.1. The van der Waals surface area contributed by atoms with Crippen LogP contribution in [0.2, 0.25) is 0 Å². The minimum Gasteiger partial charge on any atom is -0.493 e. The maximum absolute atomic E-state index is 12.5. The third kappa shape index (κ3) is 5.26. The second-order valence-corrected chi connectivity index (χ2v) is 7.63. The molecule has 1 aromatic heterocycles. The van der Waals surface area contributed by atoms with Gasteiger partial charge in [0.1, 0.15) is 11.5 Å². The van der Waals surface area contributed by atoms with E-state index < -0.39 is 0 Å². The molecule has 0 spiro atoms. The molecular formula is C22H25N3O3S. The van der Waals surface area contributed by atoms with Crippen LogP contribution in [0.4, 0.5) is 10.8 Å². The molecule has 0 saturated carbocycles. The van der Waals surface area contributed by atoms with E-state index in [4.69, 9.17) is 9.47 Å². The Balaban J connectivity index is 1.56. The topological polar surface area (TPSA) is 72.5 Å². The fraction of sp³-hybridized carbons (Fsp3) is 0.273. The molecule has 3 aromatic rings. The normalized spacial score (nSPS) is 10.5. The van der Waals surface area contributed by atoms with Crippen LogP contribution in [0.1, 0.15) is 26.5 Å². The van der Waals surface area contributed by atoms with Gasteiger partial charge in [0.25, 0.3) is 5.91 Å². The van der Waals surface area contributed by atoms with Crippen molar-refractivity contribution in [1.29, 1.82) is 0 Å². The highest BCUT2D eigenvalue weighted by Gasteiger charge is 2.15. The number of hydrogen-bond donors (Lipinski definition) is 2. The fourth-order valence-corrected chi connectivity index (χ4v) is 3.77. The van der Waals surface area contributed by atoms with Gasteiger partial charge in [-0.25, -0.2) is 4.98 Å². The highest BCUT2D eigenvalue weighted by molar-refractivity contribution is 7.17. The summed E-state index contributed by atoms with van der Waals surface area (Å²) in [6.45, 7) is 6.67. The summed E-state index contributed by atoms with van der Waals surface area (Å²) in [5.74, 6) is 1.16. The first kappa shape index (κ1) is 20.7. The maximum atomic E-state index is 12.5. The maximum Gasteiger partial charge on any atom is 0.263 e. The number of aryl methyl sites for hydroxylation is 3. The van der Waals surface area contributed by atoms with E-state index >= 15 is 0 Å². The van der Waals surface area contributed by atoms with Crippen molar-refractivity contribution in [3.63, 3.8) is 0 Å². The summed E-state index contributed by atoms with van der Waals surface area (Å²) in [7, 11) is 1.60. The zero-order valence-electron chi connectivity index (χ0n) is 17.0. The lowest BCUT2D eigenvalue weighted by Crippen LogP contribution is -2.28. The van der Waals surface area contributed by atoms with Gasteiger partial charge in [-0.05, 0) is 44.5 Å². The van der Waals surface area contributed by atoms with Crippen molar-refractivity contribution in [1.82, 2.24) is 10.3 Å². The van der Waals surface area contributed by atoms with Crippen molar-refractivity contribution in [3.8, 4) is 11.5 Å². The van der Waals surface area contributed by atoms with Gasteiger partial charge in [-0.2, -0.15) is 0 Å². The molecule has 2 N–H and O–H groups in total. The molecule has 6 nitrogen and oxygen atoms in total. The van der Waals surface area contributed by atoms with Crippen LogP contribution in [0.5, 0.6) is 11.5 Å². The summed E-state index contributed by atoms with van der Waals surface area (Å²) in [4.78, 5) is 17.6. The molecule has 1 amide bonds. The van der Waals surface area contributed by atoms with Crippen molar-refractivity contribution in [2.75, 3.05) is 25.6 Å². The van der Waals surface area contributed by atoms with E-state index in [1.165, 1.54) is 16.9 Å². The second-order valence-electron chi connectivity index (χ2n) is 6.63. The summed E-state index contributed by atoms with van der Waals surface area (Å²) in [6, 6.07) is 13.6. The van der Waals surface area contributed by atoms with Crippen LogP contribution in [-0.4, -0.2) is 31.2 Å². The van der Waals surface area contributed by atoms with Crippen molar-refractivity contribution in [3.05, 3.63) is 64.2 Å². The molecule has 1 heterocycles. The van der Waals surface area contributed by atoms with E-state index in [1.807, 2.05) is 50.2 Å². The molecule has 0 aliphatic carbocycles. The summed E-state index contributed by atoms with van der Waals surface area (Å²) in [5.41, 5.74) is 4.03. The van der Waals surface area contributed by atoms with E-state index in [0.29, 0.717) is 40.4 Å². The number of thiazole rings is 1. The Morgan fingerprint density at radius 2 is 1.86 bits per heavy atom. The van der Waals surface area contributed by atoms with Crippen molar-refractivity contribution < 1.29 is 14.3 Å². The molecular weight excluding hydrogens is 386 g/mol. The first-order chi connectivity index (χ1) is 14.0. The van der Waals surface area contributed by atoms with Gasteiger partial charge in [-0.3, -0.25) is 4.79 Å². The third-order valence-electron chi connectivity index (χ3n) is 4.34. The average molecular weight is 412 g/mol. The minimum absolute atomic E-state index is 0.155. The number of rotatable bonds is 8. The minimum atomic E-state index is -0.155. The molecule has 0 aliphatic heterocycles. The Labute approximate surface area is 174 Å². The van der Waals surface area contributed by atoms with Gasteiger partial charge in [0.2, 0.25) is 0 Å². The number of nitrogens with one attached hydrogen (secondary N) is 2. The first-order valence-electron chi connectivity index (χ1n) is 9.33. The molecule has 2 aromatic carbocycles. The van der Waals surface area contributed by atoms with Crippen LogP contribution >= 0.6 is 11.3 Å². The Kier molecular flexibility index (Phi) is 6.72. The van der Waals surface area contributed by atoms with Crippen LogP contribution < -0.4 is 20.1 Å². The lowest BCUT2D eigenvalue weighted by Gasteiger charge is -2.10. The number of nitrogens with zero attached hydrogens (tertiary/aromatic N) is 1. The van der Waals surface area contributed by atoms with Crippen LogP contribution in [0.15, 0.2) is 42.5 Å². The Hall–Kier alpha value is -3.06. The number of anilines is 2. The van der Waals surface area contributed by atoms with Gasteiger partial charge >= 0.3 is 0 Å². The number of amides is 1. The van der Waals surface area contributed by atoms with Crippen LogP contribution in [0.25, 0.3) is 0 Å². The van der Waals surface area contributed by atoms with Gasteiger partial charge < -0.3 is 20.1 Å². The number of carbonyl (C=O) groups excluding carboxylic acids is 1. The predicted molar refractivity (Wildman–Crippen MR) is 117 cm³/mol. The molecule has 29 heavy (non-hydrogen) atoms. The molecule has 0 saturated heterocycles. The van der Waals surface area contributed by atoms with Crippen LogP contribution in [0.3, 0.4) is 0 Å². The third-order valence-corrected chi connectivity index (χ3v) is 5.41. The molecule has 0 fully saturated rings. The van der Waals surface area contributed by atoms with E-state index in [0.717, 1.165) is 11.3 Å². The summed E-state index contributed by atoms with van der Waals surface area (Å²) < 4.78 is 10.9. The van der Waals surface area contributed by atoms with Crippen molar-refractivity contribution >= 4 is 28.1 Å².